The van der Waals surface area contributed by atoms with Crippen LogP contribution in [0.15, 0.2) is 48.5 Å². The van der Waals surface area contributed by atoms with Crippen LogP contribution in [0.25, 0.3) is 11.0 Å². The number of aliphatic hydroxyl groups is 1. The minimum atomic E-state index is -1.19. The normalized spacial score (nSPS) is 19.2. The van der Waals surface area contributed by atoms with Crippen LogP contribution in [-0.4, -0.2) is 39.5 Å². The number of hydrogen-bond donors (Lipinski definition) is 3. The van der Waals surface area contributed by atoms with Crippen LogP contribution in [0.1, 0.15) is 36.1 Å². The number of rotatable bonds is 4. The predicted molar refractivity (Wildman–Crippen MR) is 108 cm³/mol. The molecular weight excluding hydrogens is 372 g/mol. The zero-order valence-corrected chi connectivity index (χ0v) is 16.1. The summed E-state index contributed by atoms with van der Waals surface area (Å²) in [5.41, 5.74) is 8.04. The lowest BCUT2D eigenvalue weighted by atomic mass is 10.1. The van der Waals surface area contributed by atoms with Crippen LogP contribution in [0, 0.1) is 0 Å². The summed E-state index contributed by atoms with van der Waals surface area (Å²) in [6.45, 7) is 3.70. The number of aromatic nitrogens is 2. The van der Waals surface area contributed by atoms with Gasteiger partial charge in [-0.25, -0.2) is 9.97 Å². The van der Waals surface area contributed by atoms with E-state index in [1.807, 2.05) is 6.07 Å². The number of ether oxygens (including phenoxy) is 2. The number of carbonyl (C=O) groups excluding carboxylic acids is 1. The lowest BCUT2D eigenvalue weighted by molar-refractivity contribution is -0.151. The van der Waals surface area contributed by atoms with Crippen LogP contribution in [0.4, 0.5) is 11.4 Å². The monoisotopic (exact) mass is 394 g/mol. The molecular formula is C21H22N4O4. The molecule has 0 aliphatic carbocycles. The number of hydrogen-bond acceptors (Lipinski definition) is 7. The van der Waals surface area contributed by atoms with E-state index in [1.165, 1.54) is 0 Å². The van der Waals surface area contributed by atoms with E-state index in [0.29, 0.717) is 22.4 Å². The van der Waals surface area contributed by atoms with Gasteiger partial charge in [-0.1, -0.05) is 24.3 Å². The van der Waals surface area contributed by atoms with E-state index in [9.17, 15) is 9.90 Å². The molecule has 1 aromatic heterocycles. The number of aliphatic hydroxyl groups excluding tert-OH is 1. The van der Waals surface area contributed by atoms with E-state index in [4.69, 9.17) is 15.2 Å². The number of nitrogen functional groups attached to an aromatic ring is 1. The van der Waals surface area contributed by atoms with Crippen molar-refractivity contribution in [3.63, 3.8) is 0 Å². The number of nitrogens with two attached hydrogens (primary N) is 1. The number of anilines is 2. The highest BCUT2D eigenvalue weighted by Gasteiger charge is 2.39. The maximum atomic E-state index is 13.0. The molecule has 150 valence electrons. The second kappa shape index (κ2) is 7.40. The number of benzene rings is 2. The van der Waals surface area contributed by atoms with Crippen LogP contribution in [0.3, 0.4) is 0 Å². The van der Waals surface area contributed by atoms with E-state index in [0.717, 1.165) is 0 Å². The lowest BCUT2D eigenvalue weighted by Crippen LogP contribution is -2.28. The quantitative estimate of drug-likeness (QED) is 0.582. The Kier molecular flexibility index (Phi) is 4.91. The molecule has 1 aliphatic rings. The highest BCUT2D eigenvalue weighted by Crippen LogP contribution is 2.32. The SMILES string of the molecule is CC1(C)OCC(C(O)c2nc3ccccc3nc2C(=O)Nc2ccccc2N)O1. The highest BCUT2D eigenvalue weighted by molar-refractivity contribution is 6.06. The largest absolute Gasteiger partial charge is 0.397 e. The molecule has 2 heterocycles. The first-order chi connectivity index (χ1) is 13.8. The van der Waals surface area contributed by atoms with E-state index < -0.39 is 23.9 Å². The molecule has 3 aromatic rings. The van der Waals surface area contributed by atoms with E-state index in [2.05, 4.69) is 15.3 Å². The summed E-state index contributed by atoms with van der Waals surface area (Å²) in [4.78, 5) is 22.0. The Hall–Kier alpha value is -3.07. The molecule has 2 aromatic carbocycles. The molecule has 0 spiro atoms. The van der Waals surface area contributed by atoms with Gasteiger partial charge in [0.05, 0.1) is 29.0 Å². The van der Waals surface area contributed by atoms with Crippen molar-refractivity contribution >= 4 is 28.3 Å². The minimum absolute atomic E-state index is 0.00718. The van der Waals surface area contributed by atoms with Gasteiger partial charge in [-0.05, 0) is 38.1 Å². The summed E-state index contributed by atoms with van der Waals surface area (Å²) in [7, 11) is 0. The fourth-order valence-corrected chi connectivity index (χ4v) is 3.23. The Morgan fingerprint density at radius 3 is 2.48 bits per heavy atom. The van der Waals surface area contributed by atoms with Crippen LogP contribution in [0.2, 0.25) is 0 Å². The topological polar surface area (TPSA) is 120 Å². The molecule has 4 rings (SSSR count). The van der Waals surface area contributed by atoms with Gasteiger partial charge >= 0.3 is 0 Å². The molecule has 1 saturated heterocycles. The van der Waals surface area contributed by atoms with E-state index >= 15 is 0 Å². The molecule has 1 fully saturated rings. The van der Waals surface area contributed by atoms with Crippen LogP contribution in [0.5, 0.6) is 0 Å². The number of carbonyl (C=O) groups is 1. The zero-order valence-electron chi connectivity index (χ0n) is 16.1. The third kappa shape index (κ3) is 3.91. The molecule has 0 saturated carbocycles. The Labute approximate surface area is 167 Å². The number of para-hydroxylation sites is 4. The summed E-state index contributed by atoms with van der Waals surface area (Å²) in [5, 5.41) is 13.7. The molecule has 8 nitrogen and oxygen atoms in total. The van der Waals surface area contributed by atoms with Crippen LogP contribution >= 0.6 is 0 Å². The van der Waals surface area contributed by atoms with Crippen molar-refractivity contribution in [2.45, 2.75) is 31.8 Å². The molecule has 8 heteroatoms. The van der Waals surface area contributed by atoms with Gasteiger partial charge in [-0.15, -0.1) is 0 Å². The van der Waals surface area contributed by atoms with Crippen LogP contribution in [-0.2, 0) is 9.47 Å². The number of fused-ring (bicyclic) bond motifs is 1. The van der Waals surface area contributed by atoms with Gasteiger partial charge in [0.25, 0.3) is 5.91 Å². The van der Waals surface area contributed by atoms with Gasteiger partial charge in [-0.3, -0.25) is 4.79 Å². The fourth-order valence-electron chi connectivity index (χ4n) is 3.23. The average molecular weight is 394 g/mol. The van der Waals surface area contributed by atoms with Gasteiger partial charge in [0.15, 0.2) is 11.5 Å². The van der Waals surface area contributed by atoms with Crippen LogP contribution < -0.4 is 11.1 Å². The van der Waals surface area contributed by atoms with Gasteiger partial charge in [0.2, 0.25) is 0 Å². The first-order valence-electron chi connectivity index (χ1n) is 9.26. The second-order valence-corrected chi connectivity index (χ2v) is 7.30. The van der Waals surface area contributed by atoms with Crippen molar-refractivity contribution in [2.24, 2.45) is 0 Å². The maximum absolute atomic E-state index is 13.0. The van der Waals surface area contributed by atoms with Crippen molar-refractivity contribution < 1.29 is 19.4 Å². The van der Waals surface area contributed by atoms with Gasteiger partial charge in [0, 0.05) is 0 Å². The zero-order chi connectivity index (χ0) is 20.6. The summed E-state index contributed by atoms with van der Waals surface area (Å²) in [6.07, 6.45) is -1.86. The predicted octanol–water partition coefficient (Wildman–Crippen LogP) is 2.65. The summed E-state index contributed by atoms with van der Waals surface area (Å²) in [6, 6.07) is 14.1. The summed E-state index contributed by atoms with van der Waals surface area (Å²) >= 11 is 0. The van der Waals surface area contributed by atoms with E-state index in [-0.39, 0.29) is 18.0 Å². The summed E-state index contributed by atoms with van der Waals surface area (Å²) in [5.74, 6) is -1.34. The lowest BCUT2D eigenvalue weighted by Gasteiger charge is -2.21. The maximum Gasteiger partial charge on any atom is 0.276 e. The van der Waals surface area contributed by atoms with Gasteiger partial charge in [0.1, 0.15) is 17.9 Å². The molecule has 0 bridgehead atoms. The van der Waals surface area contributed by atoms with Crippen molar-refractivity contribution in [1.82, 2.24) is 9.97 Å². The second-order valence-electron chi connectivity index (χ2n) is 7.30. The number of nitrogens with zero attached hydrogens (tertiary/aromatic N) is 2. The third-order valence-corrected chi connectivity index (χ3v) is 4.68. The first kappa shape index (κ1) is 19.3. The highest BCUT2D eigenvalue weighted by atomic mass is 16.7. The standard InChI is InChI=1S/C21H22N4O4/c1-21(2)28-11-16(29-21)19(26)17-18(24-15-10-6-5-9-14(15)23-17)20(27)25-13-8-4-3-7-12(13)22/h3-10,16,19,26H,11,22H2,1-2H3,(H,25,27). The molecule has 2 atom stereocenters. The Balaban J connectivity index is 1.74. The van der Waals surface area contributed by atoms with Gasteiger partial charge in [-0.2, -0.15) is 0 Å². The Morgan fingerprint density at radius 2 is 1.83 bits per heavy atom. The first-order valence-corrected chi connectivity index (χ1v) is 9.26. The van der Waals surface area contributed by atoms with Crippen molar-refractivity contribution in [1.29, 1.82) is 0 Å². The molecule has 4 N–H and O–H groups in total. The molecule has 2 unspecified atom stereocenters. The molecule has 0 radical (unpaired) electrons. The van der Waals surface area contributed by atoms with Crippen molar-refractivity contribution in [3.8, 4) is 0 Å². The van der Waals surface area contributed by atoms with Crippen molar-refractivity contribution in [2.75, 3.05) is 17.7 Å². The van der Waals surface area contributed by atoms with Crippen molar-refractivity contribution in [3.05, 3.63) is 59.9 Å². The number of nitrogens with one attached hydrogen (secondary N) is 1. The Morgan fingerprint density at radius 1 is 1.17 bits per heavy atom. The fraction of sp³-hybridized carbons (Fsp3) is 0.286. The number of amides is 1. The minimum Gasteiger partial charge on any atom is -0.397 e. The van der Waals surface area contributed by atoms with E-state index in [1.54, 1.807) is 56.3 Å². The third-order valence-electron chi connectivity index (χ3n) is 4.68. The molecule has 1 aliphatic heterocycles. The smallest absolute Gasteiger partial charge is 0.276 e. The molecule has 29 heavy (non-hydrogen) atoms. The Bertz CT molecular complexity index is 1070. The average Bonchev–Trinajstić information content (AvgIpc) is 3.08. The molecule has 1 amide bonds. The summed E-state index contributed by atoms with van der Waals surface area (Å²) < 4.78 is 11.3. The van der Waals surface area contributed by atoms with Gasteiger partial charge < -0.3 is 25.6 Å².